The largest absolute Gasteiger partial charge is 0.481 e. The van der Waals surface area contributed by atoms with E-state index in [1.54, 1.807) is 24.3 Å². The molecular weight excluding hydrogens is 335 g/mol. The van der Waals surface area contributed by atoms with Crippen LogP contribution in [0.25, 0.3) is 0 Å². The van der Waals surface area contributed by atoms with Gasteiger partial charge in [-0.3, -0.25) is 20.4 Å². The number of hydrazine groups is 1. The highest BCUT2D eigenvalue weighted by Gasteiger charge is 2.16. The first-order valence-corrected chi connectivity index (χ1v) is 7.58. The molecule has 2 aromatic carbocycles. The fraction of sp³-hybridized carbons (Fsp3) is 0.176. The van der Waals surface area contributed by atoms with Gasteiger partial charge in [0.15, 0.2) is 6.10 Å². The van der Waals surface area contributed by atoms with Crippen LogP contribution in [0.4, 0.5) is 4.39 Å². The third-order valence-corrected chi connectivity index (χ3v) is 3.50. The second-order valence-corrected chi connectivity index (χ2v) is 5.43. The zero-order valence-corrected chi connectivity index (χ0v) is 13.6. The Morgan fingerprint density at radius 3 is 2.46 bits per heavy atom. The van der Waals surface area contributed by atoms with E-state index in [1.165, 1.54) is 31.2 Å². The molecule has 0 spiro atoms. The molecule has 0 radical (unpaired) electrons. The number of hydrogen-bond donors (Lipinski definition) is 2. The summed E-state index contributed by atoms with van der Waals surface area (Å²) < 4.78 is 18.2. The lowest BCUT2D eigenvalue weighted by molar-refractivity contribution is -0.132. The number of benzene rings is 2. The molecule has 126 valence electrons. The molecular formula is C17H16ClFN2O3. The summed E-state index contributed by atoms with van der Waals surface area (Å²) in [7, 11) is 0. The highest BCUT2D eigenvalue weighted by Crippen LogP contribution is 2.15. The molecule has 0 aliphatic carbocycles. The van der Waals surface area contributed by atoms with Crippen molar-refractivity contribution in [2.24, 2.45) is 0 Å². The maximum absolute atomic E-state index is 12.8. The summed E-state index contributed by atoms with van der Waals surface area (Å²) in [6, 6.07) is 12.2. The van der Waals surface area contributed by atoms with Gasteiger partial charge in [-0.15, -0.1) is 0 Å². The van der Waals surface area contributed by atoms with Crippen LogP contribution in [0.1, 0.15) is 12.5 Å². The minimum absolute atomic E-state index is 0.0349. The second kappa shape index (κ2) is 8.31. The minimum atomic E-state index is -0.865. The van der Waals surface area contributed by atoms with E-state index >= 15 is 0 Å². The summed E-state index contributed by atoms with van der Waals surface area (Å²) in [5.74, 6) is -0.995. The minimum Gasteiger partial charge on any atom is -0.481 e. The highest BCUT2D eigenvalue weighted by molar-refractivity contribution is 6.31. The fourth-order valence-corrected chi connectivity index (χ4v) is 2.07. The first-order valence-electron chi connectivity index (χ1n) is 7.20. The molecule has 1 atom stereocenters. The summed E-state index contributed by atoms with van der Waals surface area (Å²) in [6.07, 6.45) is -0.830. The van der Waals surface area contributed by atoms with Crippen LogP contribution in [0.5, 0.6) is 5.75 Å². The monoisotopic (exact) mass is 350 g/mol. The normalized spacial score (nSPS) is 11.5. The van der Waals surface area contributed by atoms with Gasteiger partial charge in [-0.05, 0) is 42.8 Å². The fourth-order valence-electron chi connectivity index (χ4n) is 1.86. The smallest absolute Gasteiger partial charge is 0.279 e. The van der Waals surface area contributed by atoms with Crippen molar-refractivity contribution in [1.82, 2.24) is 10.9 Å². The molecule has 1 unspecified atom stereocenters. The number of carbonyl (C=O) groups is 2. The molecule has 24 heavy (non-hydrogen) atoms. The third kappa shape index (κ3) is 5.24. The van der Waals surface area contributed by atoms with Gasteiger partial charge in [0.25, 0.3) is 5.91 Å². The van der Waals surface area contributed by atoms with Gasteiger partial charge in [-0.25, -0.2) is 4.39 Å². The molecule has 2 N–H and O–H groups in total. The van der Waals surface area contributed by atoms with Gasteiger partial charge in [-0.1, -0.05) is 29.8 Å². The molecule has 2 amide bonds. The molecule has 7 heteroatoms. The van der Waals surface area contributed by atoms with Crippen molar-refractivity contribution in [2.75, 3.05) is 0 Å². The van der Waals surface area contributed by atoms with Crippen molar-refractivity contribution >= 4 is 23.4 Å². The molecule has 0 aliphatic rings. The molecule has 0 fully saturated rings. The Bertz CT molecular complexity index is 722. The van der Waals surface area contributed by atoms with Crippen LogP contribution in [-0.2, 0) is 16.0 Å². The number of nitrogens with one attached hydrogen (secondary N) is 2. The van der Waals surface area contributed by atoms with E-state index in [9.17, 15) is 14.0 Å². The standard InChI is InChI=1S/C17H16ClFN2O3/c1-11(24-14-8-6-13(19)7-9-14)17(23)21-20-16(22)10-12-4-2-3-5-15(12)18/h2-9,11H,10H2,1H3,(H,20,22)(H,21,23). The predicted molar refractivity (Wildman–Crippen MR) is 87.9 cm³/mol. The summed E-state index contributed by atoms with van der Waals surface area (Å²) in [4.78, 5) is 23.7. The van der Waals surface area contributed by atoms with E-state index in [1.807, 2.05) is 0 Å². The van der Waals surface area contributed by atoms with E-state index in [0.717, 1.165) is 0 Å². The van der Waals surface area contributed by atoms with E-state index in [4.69, 9.17) is 16.3 Å². The average molecular weight is 351 g/mol. The summed E-state index contributed by atoms with van der Waals surface area (Å²) >= 11 is 5.97. The number of amides is 2. The average Bonchev–Trinajstić information content (AvgIpc) is 2.57. The van der Waals surface area contributed by atoms with Crippen LogP contribution in [0.2, 0.25) is 5.02 Å². The molecule has 5 nitrogen and oxygen atoms in total. The van der Waals surface area contributed by atoms with Crippen LogP contribution in [0.3, 0.4) is 0 Å². The molecule has 0 heterocycles. The maximum atomic E-state index is 12.8. The molecule has 2 aromatic rings. The van der Waals surface area contributed by atoms with Gasteiger partial charge < -0.3 is 4.74 Å². The van der Waals surface area contributed by atoms with E-state index in [0.29, 0.717) is 16.3 Å². The van der Waals surface area contributed by atoms with Crippen molar-refractivity contribution < 1.29 is 18.7 Å². The van der Waals surface area contributed by atoms with E-state index < -0.39 is 23.7 Å². The lowest BCUT2D eigenvalue weighted by Crippen LogP contribution is -2.47. The number of ether oxygens (including phenoxy) is 1. The summed E-state index contributed by atoms with van der Waals surface area (Å²) in [5, 5.41) is 0.479. The molecule has 2 rings (SSSR count). The van der Waals surface area contributed by atoms with Gasteiger partial charge in [0.05, 0.1) is 6.42 Å². The van der Waals surface area contributed by atoms with Gasteiger partial charge >= 0.3 is 0 Å². The van der Waals surface area contributed by atoms with Crippen molar-refractivity contribution in [3.63, 3.8) is 0 Å². The number of hydrogen-bond acceptors (Lipinski definition) is 3. The van der Waals surface area contributed by atoms with Crippen LogP contribution in [0, 0.1) is 5.82 Å². The zero-order chi connectivity index (χ0) is 17.5. The van der Waals surface area contributed by atoms with Gasteiger partial charge in [-0.2, -0.15) is 0 Å². The Labute approximate surface area is 143 Å². The quantitative estimate of drug-likeness (QED) is 0.815. The van der Waals surface area contributed by atoms with Crippen molar-refractivity contribution in [1.29, 1.82) is 0 Å². The SMILES string of the molecule is CC(Oc1ccc(F)cc1)C(=O)NNC(=O)Cc1ccccc1Cl. The Morgan fingerprint density at radius 1 is 1.12 bits per heavy atom. The second-order valence-electron chi connectivity index (χ2n) is 5.02. The third-order valence-electron chi connectivity index (χ3n) is 3.13. The van der Waals surface area contributed by atoms with Crippen LogP contribution in [0.15, 0.2) is 48.5 Å². The molecule has 0 saturated carbocycles. The maximum Gasteiger partial charge on any atom is 0.279 e. The lowest BCUT2D eigenvalue weighted by atomic mass is 10.1. The van der Waals surface area contributed by atoms with Crippen molar-refractivity contribution in [3.8, 4) is 5.75 Å². The topological polar surface area (TPSA) is 67.4 Å². The van der Waals surface area contributed by atoms with Crippen molar-refractivity contribution in [2.45, 2.75) is 19.4 Å². The summed E-state index contributed by atoms with van der Waals surface area (Å²) in [5.41, 5.74) is 5.22. The number of rotatable bonds is 5. The first-order chi connectivity index (χ1) is 11.5. The van der Waals surface area contributed by atoms with E-state index in [2.05, 4.69) is 10.9 Å². The van der Waals surface area contributed by atoms with Gasteiger partial charge in [0.2, 0.25) is 5.91 Å². The van der Waals surface area contributed by atoms with E-state index in [-0.39, 0.29) is 6.42 Å². The Morgan fingerprint density at radius 2 is 1.79 bits per heavy atom. The Kier molecular flexibility index (Phi) is 6.14. The molecule has 0 bridgehead atoms. The van der Waals surface area contributed by atoms with Crippen LogP contribution >= 0.6 is 11.6 Å². The lowest BCUT2D eigenvalue weighted by Gasteiger charge is -2.15. The van der Waals surface area contributed by atoms with Crippen LogP contribution < -0.4 is 15.6 Å². The van der Waals surface area contributed by atoms with Crippen molar-refractivity contribution in [3.05, 3.63) is 64.9 Å². The van der Waals surface area contributed by atoms with Crippen LogP contribution in [-0.4, -0.2) is 17.9 Å². The summed E-state index contributed by atoms with van der Waals surface area (Å²) in [6.45, 7) is 1.51. The number of carbonyl (C=O) groups excluding carboxylic acids is 2. The number of halogens is 2. The van der Waals surface area contributed by atoms with Gasteiger partial charge in [0.1, 0.15) is 11.6 Å². The first kappa shape index (κ1) is 17.7. The Balaban J connectivity index is 1.80. The van der Waals surface area contributed by atoms with Gasteiger partial charge in [0, 0.05) is 5.02 Å². The predicted octanol–water partition coefficient (Wildman–Crippen LogP) is 2.64. The molecule has 0 aromatic heterocycles. The molecule has 0 aliphatic heterocycles. The highest BCUT2D eigenvalue weighted by atomic mass is 35.5. The molecule has 0 saturated heterocycles. The zero-order valence-electron chi connectivity index (χ0n) is 12.9. The Hall–Kier alpha value is -2.60.